The summed E-state index contributed by atoms with van der Waals surface area (Å²) < 4.78 is 12.2. The Morgan fingerprint density at radius 1 is 1.54 bits per heavy atom. The van der Waals surface area contributed by atoms with Crippen molar-refractivity contribution in [1.82, 2.24) is 20.3 Å². The van der Waals surface area contributed by atoms with Crippen molar-refractivity contribution in [2.24, 2.45) is 0 Å². The minimum absolute atomic E-state index is 0.0855. The maximum atomic E-state index is 12.4. The fourth-order valence-electron chi connectivity index (χ4n) is 2.93. The molecule has 7 nitrogen and oxygen atoms in total. The molecule has 7 heteroatoms. The van der Waals surface area contributed by atoms with E-state index in [4.69, 9.17) is 9.26 Å². The highest BCUT2D eigenvalue weighted by molar-refractivity contribution is 5.91. The summed E-state index contributed by atoms with van der Waals surface area (Å²) in [5, 5.41) is 11.6. The van der Waals surface area contributed by atoms with Crippen LogP contribution in [0.1, 0.15) is 66.2 Å². The first-order chi connectivity index (χ1) is 11.6. The van der Waals surface area contributed by atoms with Crippen LogP contribution in [0, 0.1) is 0 Å². The van der Waals surface area contributed by atoms with Gasteiger partial charge in [-0.25, -0.2) is 0 Å². The van der Waals surface area contributed by atoms with Crippen LogP contribution in [0.3, 0.4) is 0 Å². The smallest absolute Gasteiger partial charge is 0.290 e. The van der Waals surface area contributed by atoms with E-state index in [0.29, 0.717) is 13.2 Å². The van der Waals surface area contributed by atoms with Crippen LogP contribution < -0.4 is 5.32 Å². The molecule has 1 N–H and O–H groups in total. The van der Waals surface area contributed by atoms with Crippen molar-refractivity contribution in [3.05, 3.63) is 35.0 Å². The number of ether oxygens (including phenoxy) is 1. The second kappa shape index (κ2) is 7.17. The molecule has 2 heterocycles. The van der Waals surface area contributed by atoms with Crippen LogP contribution >= 0.6 is 0 Å². The molecule has 0 bridgehead atoms. The van der Waals surface area contributed by atoms with Crippen LogP contribution in [0.2, 0.25) is 0 Å². The Morgan fingerprint density at radius 2 is 2.38 bits per heavy atom. The Bertz CT molecular complexity index is 705. The summed E-state index contributed by atoms with van der Waals surface area (Å²) in [4.78, 5) is 12.4. The van der Waals surface area contributed by atoms with Gasteiger partial charge in [0.1, 0.15) is 0 Å². The molecule has 1 aliphatic rings. The van der Waals surface area contributed by atoms with Crippen LogP contribution in [0.25, 0.3) is 0 Å². The first kappa shape index (κ1) is 16.7. The molecule has 0 saturated carbocycles. The second-order valence-corrected chi connectivity index (χ2v) is 6.48. The number of methoxy groups -OCH3 is 1. The summed E-state index contributed by atoms with van der Waals surface area (Å²) >= 11 is 0. The molecule has 2 aromatic heterocycles. The highest BCUT2D eigenvalue weighted by atomic mass is 16.5. The van der Waals surface area contributed by atoms with Crippen LogP contribution in [-0.2, 0) is 17.7 Å². The summed E-state index contributed by atoms with van der Waals surface area (Å²) in [5.74, 6) is 0.247. The highest BCUT2D eigenvalue weighted by Crippen LogP contribution is 2.29. The van der Waals surface area contributed by atoms with E-state index in [0.717, 1.165) is 30.7 Å². The normalized spacial score (nSPS) is 17.1. The lowest BCUT2D eigenvalue weighted by Crippen LogP contribution is -2.31. The third-order valence-electron chi connectivity index (χ3n) is 4.31. The Hall–Kier alpha value is -2.15. The highest BCUT2D eigenvalue weighted by Gasteiger charge is 2.27. The van der Waals surface area contributed by atoms with Crippen molar-refractivity contribution in [3.63, 3.8) is 0 Å². The summed E-state index contributed by atoms with van der Waals surface area (Å²) in [6, 6.07) is 1.62. The van der Waals surface area contributed by atoms with Gasteiger partial charge < -0.3 is 14.6 Å². The lowest BCUT2D eigenvalue weighted by atomic mass is 9.93. The lowest BCUT2D eigenvalue weighted by molar-refractivity contribution is 0.0894. The number of carbonyl (C=O) groups is 1. The van der Waals surface area contributed by atoms with Gasteiger partial charge in [0.15, 0.2) is 0 Å². The van der Waals surface area contributed by atoms with Gasteiger partial charge >= 0.3 is 0 Å². The third kappa shape index (κ3) is 3.51. The molecule has 0 aliphatic heterocycles. The van der Waals surface area contributed by atoms with Crippen LogP contribution in [-0.4, -0.2) is 34.6 Å². The fraction of sp³-hybridized carbons (Fsp3) is 0.588. The molecule has 1 atom stereocenters. The average molecular weight is 332 g/mol. The number of fused-ring (bicyclic) bond motifs is 1. The lowest BCUT2D eigenvalue weighted by Gasteiger charge is -2.21. The zero-order valence-corrected chi connectivity index (χ0v) is 14.4. The molecular formula is C17H24N4O3. The van der Waals surface area contributed by atoms with Crippen LogP contribution in [0.4, 0.5) is 0 Å². The van der Waals surface area contributed by atoms with Crippen molar-refractivity contribution in [2.45, 2.75) is 51.6 Å². The SMILES string of the molecule is COCCn1cc2c(n1)[C@H](NC(=O)c1cc(C(C)C)no1)CCC2. The van der Waals surface area contributed by atoms with E-state index in [1.54, 1.807) is 13.2 Å². The average Bonchev–Trinajstić information content (AvgIpc) is 3.20. The minimum Gasteiger partial charge on any atom is -0.383 e. The van der Waals surface area contributed by atoms with E-state index in [-0.39, 0.29) is 23.6 Å². The second-order valence-electron chi connectivity index (χ2n) is 6.48. The fourth-order valence-corrected chi connectivity index (χ4v) is 2.93. The molecule has 0 saturated heterocycles. The molecule has 0 radical (unpaired) electrons. The van der Waals surface area contributed by atoms with Crippen LogP contribution in [0.15, 0.2) is 16.8 Å². The standard InChI is InChI=1S/C17H24N4O3/c1-11(2)14-9-15(24-20-14)17(22)18-13-6-4-5-12-10-21(7-8-23-3)19-16(12)13/h9-11,13H,4-8H2,1-3H3,(H,18,22)/t13-/m1/s1. The number of aromatic nitrogens is 3. The monoisotopic (exact) mass is 332 g/mol. The molecule has 0 aromatic carbocycles. The Balaban J connectivity index is 1.71. The first-order valence-corrected chi connectivity index (χ1v) is 8.41. The van der Waals surface area contributed by atoms with E-state index in [2.05, 4.69) is 21.8 Å². The maximum absolute atomic E-state index is 12.4. The summed E-state index contributed by atoms with van der Waals surface area (Å²) in [6.07, 6.45) is 4.96. The predicted octanol–water partition coefficient (Wildman–Crippen LogP) is 2.45. The van der Waals surface area contributed by atoms with Gasteiger partial charge in [0.05, 0.1) is 30.6 Å². The van der Waals surface area contributed by atoms with Crippen LogP contribution in [0.5, 0.6) is 0 Å². The van der Waals surface area contributed by atoms with Crippen molar-refractivity contribution < 1.29 is 14.1 Å². The molecule has 130 valence electrons. The van der Waals surface area contributed by atoms with E-state index >= 15 is 0 Å². The van der Waals surface area contributed by atoms with E-state index in [1.165, 1.54) is 5.56 Å². The van der Waals surface area contributed by atoms with Crippen molar-refractivity contribution in [1.29, 1.82) is 0 Å². The van der Waals surface area contributed by atoms with Gasteiger partial charge in [-0.15, -0.1) is 0 Å². The zero-order valence-electron chi connectivity index (χ0n) is 14.4. The Morgan fingerprint density at radius 3 is 3.08 bits per heavy atom. The summed E-state index contributed by atoms with van der Waals surface area (Å²) in [5.41, 5.74) is 2.94. The van der Waals surface area contributed by atoms with Gasteiger partial charge in [0.2, 0.25) is 5.76 Å². The predicted molar refractivity (Wildman–Crippen MR) is 87.8 cm³/mol. The molecule has 2 aromatic rings. The number of hydrogen-bond acceptors (Lipinski definition) is 5. The minimum atomic E-state index is -0.237. The molecule has 0 fully saturated rings. The number of carbonyl (C=O) groups excluding carboxylic acids is 1. The zero-order chi connectivity index (χ0) is 17.1. The number of aryl methyl sites for hydroxylation is 1. The van der Waals surface area contributed by atoms with E-state index < -0.39 is 0 Å². The largest absolute Gasteiger partial charge is 0.383 e. The first-order valence-electron chi connectivity index (χ1n) is 8.41. The van der Waals surface area contributed by atoms with E-state index in [1.807, 2.05) is 18.5 Å². The van der Waals surface area contributed by atoms with Gasteiger partial charge in [-0.05, 0) is 30.7 Å². The summed E-state index contributed by atoms with van der Waals surface area (Å²) in [7, 11) is 1.68. The van der Waals surface area contributed by atoms with Gasteiger partial charge in [-0.3, -0.25) is 9.48 Å². The number of nitrogens with one attached hydrogen (secondary N) is 1. The van der Waals surface area contributed by atoms with Gasteiger partial charge in [-0.2, -0.15) is 5.10 Å². The number of hydrogen-bond donors (Lipinski definition) is 1. The quantitative estimate of drug-likeness (QED) is 0.878. The molecule has 0 spiro atoms. The number of nitrogens with zero attached hydrogens (tertiary/aromatic N) is 3. The maximum Gasteiger partial charge on any atom is 0.290 e. The molecule has 1 aliphatic carbocycles. The van der Waals surface area contributed by atoms with E-state index in [9.17, 15) is 4.79 Å². The van der Waals surface area contributed by atoms with Gasteiger partial charge in [0, 0.05) is 19.4 Å². The van der Waals surface area contributed by atoms with Crippen molar-refractivity contribution in [2.75, 3.05) is 13.7 Å². The summed E-state index contributed by atoms with van der Waals surface area (Å²) in [6.45, 7) is 5.36. The molecular weight excluding hydrogens is 308 g/mol. The Labute approximate surface area is 141 Å². The number of amides is 1. The molecule has 3 rings (SSSR count). The van der Waals surface area contributed by atoms with Gasteiger partial charge in [0.25, 0.3) is 5.91 Å². The number of rotatable bonds is 6. The Kier molecular flexibility index (Phi) is 4.99. The van der Waals surface area contributed by atoms with Crippen molar-refractivity contribution >= 4 is 5.91 Å². The topological polar surface area (TPSA) is 82.2 Å². The molecule has 24 heavy (non-hydrogen) atoms. The molecule has 0 unspecified atom stereocenters. The van der Waals surface area contributed by atoms with Gasteiger partial charge in [-0.1, -0.05) is 19.0 Å². The molecule has 1 amide bonds. The van der Waals surface area contributed by atoms with Crippen molar-refractivity contribution in [3.8, 4) is 0 Å². The third-order valence-corrected chi connectivity index (χ3v) is 4.31.